The fourth-order valence-corrected chi connectivity index (χ4v) is 6.11. The van der Waals surface area contributed by atoms with Crippen molar-refractivity contribution in [3.63, 3.8) is 0 Å². The van der Waals surface area contributed by atoms with Gasteiger partial charge >= 0.3 is 6.18 Å². The number of nitrogens with one attached hydrogen (secondary N) is 1. The first kappa shape index (κ1) is 24.5. The number of aryl methyl sites for hydroxylation is 1. The molecular formula is C26H33F3N4O2. The van der Waals surface area contributed by atoms with E-state index in [-0.39, 0.29) is 24.2 Å². The molecule has 2 saturated heterocycles. The zero-order chi connectivity index (χ0) is 24.6. The summed E-state index contributed by atoms with van der Waals surface area (Å²) in [6.07, 6.45) is -0.582. The third kappa shape index (κ3) is 5.47. The minimum Gasteiger partial charge on any atom is -0.392 e. The molecule has 2 N–H and O–H groups in total. The Morgan fingerprint density at radius 1 is 1.09 bits per heavy atom. The van der Waals surface area contributed by atoms with Crippen LogP contribution in [0.1, 0.15) is 42.4 Å². The summed E-state index contributed by atoms with van der Waals surface area (Å²) in [7, 11) is 0. The van der Waals surface area contributed by atoms with Gasteiger partial charge in [-0.1, -0.05) is 18.2 Å². The molecule has 2 aromatic rings. The summed E-state index contributed by atoms with van der Waals surface area (Å²) in [4.78, 5) is 2.54. The van der Waals surface area contributed by atoms with Crippen LogP contribution in [0.2, 0.25) is 0 Å². The van der Waals surface area contributed by atoms with Gasteiger partial charge < -0.3 is 20.1 Å². The maximum Gasteiger partial charge on any atom is 0.420 e. The fourth-order valence-electron chi connectivity index (χ4n) is 6.11. The van der Waals surface area contributed by atoms with Crippen LogP contribution in [0.25, 0.3) is 11.3 Å². The van der Waals surface area contributed by atoms with Crippen LogP contribution in [-0.2, 0) is 17.5 Å². The average Bonchev–Trinajstić information content (AvgIpc) is 3.37. The summed E-state index contributed by atoms with van der Waals surface area (Å²) in [5.41, 5.74) is 1.41. The molecule has 9 heteroatoms. The van der Waals surface area contributed by atoms with E-state index in [0.717, 1.165) is 70.2 Å². The third-order valence-electron chi connectivity index (χ3n) is 7.87. The Hall–Kier alpha value is -2.23. The van der Waals surface area contributed by atoms with Crippen molar-refractivity contribution in [2.75, 3.05) is 38.2 Å². The molecule has 35 heavy (non-hydrogen) atoms. The van der Waals surface area contributed by atoms with Crippen LogP contribution in [0.15, 0.2) is 24.3 Å². The zero-order valence-corrected chi connectivity index (χ0v) is 20.0. The number of anilines is 1. The van der Waals surface area contributed by atoms with Gasteiger partial charge in [-0.05, 0) is 67.6 Å². The molecule has 1 aromatic carbocycles. The van der Waals surface area contributed by atoms with E-state index in [1.165, 1.54) is 0 Å². The van der Waals surface area contributed by atoms with Gasteiger partial charge in [0.15, 0.2) is 5.82 Å². The smallest absolute Gasteiger partial charge is 0.392 e. The third-order valence-corrected chi connectivity index (χ3v) is 7.87. The van der Waals surface area contributed by atoms with Crippen molar-refractivity contribution in [3.05, 3.63) is 41.0 Å². The van der Waals surface area contributed by atoms with E-state index in [0.29, 0.717) is 28.9 Å². The number of benzene rings is 1. The number of hydrogen-bond acceptors (Lipinski definition) is 6. The minimum absolute atomic E-state index is 0.0259. The van der Waals surface area contributed by atoms with Gasteiger partial charge in [-0.25, -0.2) is 0 Å². The Labute approximate surface area is 203 Å². The number of rotatable bonds is 6. The molecule has 1 aliphatic carbocycles. The highest BCUT2D eigenvalue weighted by Gasteiger charge is 2.43. The van der Waals surface area contributed by atoms with E-state index >= 15 is 0 Å². The predicted octanol–water partition coefficient (Wildman–Crippen LogP) is 4.51. The monoisotopic (exact) mass is 490 g/mol. The molecule has 3 aliphatic rings. The standard InChI is InChI=1S/C26H33F3N4O2/c1-16-8-18(15-34)2-3-22(16)24-11-23(26(27,28)29)25(32-31-24)30-21-9-19-13-33(14-20(19)10-21)12-17-4-6-35-7-5-17/h2-3,8,11,17,19-21,34H,4-7,9-10,12-15H2,1H3,(H,30,32)/t19-,20+,21?. The maximum absolute atomic E-state index is 14.0. The molecule has 0 spiro atoms. The molecule has 1 unspecified atom stereocenters. The van der Waals surface area contributed by atoms with Crippen molar-refractivity contribution in [3.8, 4) is 11.3 Å². The molecule has 6 nitrogen and oxygen atoms in total. The molecule has 0 amide bonds. The van der Waals surface area contributed by atoms with Crippen molar-refractivity contribution in [1.29, 1.82) is 0 Å². The maximum atomic E-state index is 14.0. The van der Waals surface area contributed by atoms with Gasteiger partial charge in [-0.2, -0.15) is 13.2 Å². The lowest BCUT2D eigenvalue weighted by molar-refractivity contribution is -0.137. The molecule has 1 saturated carbocycles. The van der Waals surface area contributed by atoms with E-state index in [2.05, 4.69) is 20.4 Å². The van der Waals surface area contributed by atoms with Gasteiger partial charge in [-0.3, -0.25) is 0 Å². The second-order valence-electron chi connectivity index (χ2n) is 10.4. The second-order valence-corrected chi connectivity index (χ2v) is 10.4. The van der Waals surface area contributed by atoms with E-state index < -0.39 is 11.7 Å². The highest BCUT2D eigenvalue weighted by Crippen LogP contribution is 2.42. The van der Waals surface area contributed by atoms with Crippen LogP contribution in [0.3, 0.4) is 0 Å². The molecule has 3 atom stereocenters. The summed E-state index contributed by atoms with van der Waals surface area (Å²) >= 11 is 0. The summed E-state index contributed by atoms with van der Waals surface area (Å²) in [6.45, 7) is 6.54. The first-order valence-electron chi connectivity index (χ1n) is 12.5. The second kappa shape index (κ2) is 10.0. The lowest BCUT2D eigenvalue weighted by Gasteiger charge is -2.28. The Balaban J connectivity index is 1.26. The van der Waals surface area contributed by atoms with E-state index in [4.69, 9.17) is 4.74 Å². The number of alkyl halides is 3. The number of hydrogen-bond donors (Lipinski definition) is 2. The number of nitrogens with zero attached hydrogens (tertiary/aromatic N) is 3. The summed E-state index contributed by atoms with van der Waals surface area (Å²) in [5, 5.41) is 20.5. The van der Waals surface area contributed by atoms with Gasteiger partial charge in [-0.15, -0.1) is 10.2 Å². The number of fused-ring (bicyclic) bond motifs is 1. The molecule has 3 fully saturated rings. The summed E-state index contributed by atoms with van der Waals surface area (Å²) in [5.74, 6) is 1.54. The number of aliphatic hydroxyl groups is 1. The first-order chi connectivity index (χ1) is 16.8. The van der Waals surface area contributed by atoms with Crippen molar-refractivity contribution < 1.29 is 23.0 Å². The summed E-state index contributed by atoms with van der Waals surface area (Å²) < 4.78 is 47.4. The number of aromatic nitrogens is 2. The van der Waals surface area contributed by atoms with Crippen molar-refractivity contribution in [2.45, 2.75) is 51.4 Å². The van der Waals surface area contributed by atoms with Crippen LogP contribution in [0.4, 0.5) is 19.0 Å². The molecule has 190 valence electrons. The van der Waals surface area contributed by atoms with Crippen LogP contribution in [-0.4, -0.2) is 59.1 Å². The van der Waals surface area contributed by atoms with Gasteiger partial charge in [0.25, 0.3) is 0 Å². The molecule has 3 heterocycles. The Kier molecular flexibility index (Phi) is 7.01. The quantitative estimate of drug-likeness (QED) is 0.621. The number of ether oxygens (including phenoxy) is 1. The fraction of sp³-hybridized carbons (Fsp3) is 0.615. The topological polar surface area (TPSA) is 70.5 Å². The van der Waals surface area contributed by atoms with Crippen molar-refractivity contribution in [2.24, 2.45) is 17.8 Å². The normalized spacial score (nSPS) is 25.7. The first-order valence-corrected chi connectivity index (χ1v) is 12.5. The molecular weight excluding hydrogens is 457 g/mol. The van der Waals surface area contributed by atoms with E-state index in [9.17, 15) is 18.3 Å². The van der Waals surface area contributed by atoms with Gasteiger partial charge in [0.1, 0.15) is 5.56 Å². The SMILES string of the molecule is Cc1cc(CO)ccc1-c1cc(C(F)(F)F)c(NC2C[C@@H]3CN(CC4CCOCC4)C[C@@H]3C2)nn1. The lowest BCUT2D eigenvalue weighted by atomic mass is 10.00. The Morgan fingerprint density at radius 3 is 2.43 bits per heavy atom. The minimum atomic E-state index is -4.54. The highest BCUT2D eigenvalue weighted by atomic mass is 19.4. The zero-order valence-electron chi connectivity index (χ0n) is 20.0. The molecule has 0 radical (unpaired) electrons. The molecule has 1 aromatic heterocycles. The molecule has 0 bridgehead atoms. The van der Waals surface area contributed by atoms with Crippen molar-refractivity contribution >= 4 is 5.82 Å². The number of likely N-dealkylation sites (tertiary alicyclic amines) is 1. The Morgan fingerprint density at radius 2 is 1.80 bits per heavy atom. The summed E-state index contributed by atoms with van der Waals surface area (Å²) in [6, 6.07) is 6.18. The molecule has 2 aliphatic heterocycles. The van der Waals surface area contributed by atoms with Crippen LogP contribution < -0.4 is 5.32 Å². The average molecular weight is 491 g/mol. The van der Waals surface area contributed by atoms with Crippen LogP contribution in [0.5, 0.6) is 0 Å². The van der Waals surface area contributed by atoms with E-state index in [1.54, 1.807) is 25.1 Å². The lowest BCUT2D eigenvalue weighted by Crippen LogP contribution is -2.32. The van der Waals surface area contributed by atoms with Crippen molar-refractivity contribution in [1.82, 2.24) is 15.1 Å². The van der Waals surface area contributed by atoms with Gasteiger partial charge in [0, 0.05) is 44.5 Å². The van der Waals surface area contributed by atoms with Gasteiger partial charge in [0.2, 0.25) is 0 Å². The van der Waals surface area contributed by atoms with E-state index in [1.807, 2.05) is 0 Å². The van der Waals surface area contributed by atoms with Gasteiger partial charge in [0.05, 0.1) is 12.3 Å². The number of halogens is 3. The van der Waals surface area contributed by atoms with Crippen LogP contribution in [0, 0.1) is 24.7 Å². The van der Waals surface area contributed by atoms with Crippen LogP contribution >= 0.6 is 0 Å². The number of aliphatic hydroxyl groups excluding tert-OH is 1. The Bertz CT molecular complexity index is 1030. The highest BCUT2D eigenvalue weighted by molar-refractivity contribution is 5.66. The molecule has 5 rings (SSSR count). The predicted molar refractivity (Wildman–Crippen MR) is 127 cm³/mol. The largest absolute Gasteiger partial charge is 0.420 e.